The largest absolute Gasteiger partial charge is 0.466 e. The zero-order chi connectivity index (χ0) is 53.6. The lowest BCUT2D eigenvalue weighted by molar-refractivity contribution is -0.143. The van der Waals surface area contributed by atoms with Gasteiger partial charge in [-0.15, -0.1) is 0 Å². The molecule has 0 saturated heterocycles. The van der Waals surface area contributed by atoms with Gasteiger partial charge in [-0.2, -0.15) is 0 Å². The molecular weight excluding hydrogens is 911 g/mol. The number of nitrogens with one attached hydrogen (secondary N) is 1. The van der Waals surface area contributed by atoms with Gasteiger partial charge in [-0.05, 0) is 57.8 Å². The summed E-state index contributed by atoms with van der Waals surface area (Å²) >= 11 is 0. The summed E-state index contributed by atoms with van der Waals surface area (Å²) < 4.78 is 5.49. The quantitative estimate of drug-likeness (QED) is 0.0320. The van der Waals surface area contributed by atoms with E-state index < -0.39 is 12.1 Å². The Labute approximate surface area is 462 Å². The van der Waals surface area contributed by atoms with Gasteiger partial charge in [0.05, 0.1) is 25.4 Å². The van der Waals surface area contributed by atoms with Crippen LogP contribution in [0.5, 0.6) is 0 Å². The summed E-state index contributed by atoms with van der Waals surface area (Å²) in [7, 11) is 0. The summed E-state index contributed by atoms with van der Waals surface area (Å²) in [5.41, 5.74) is 0. The molecule has 2 unspecified atom stereocenters. The lowest BCUT2D eigenvalue weighted by Crippen LogP contribution is -2.45. The van der Waals surface area contributed by atoms with Gasteiger partial charge in [0.25, 0.3) is 0 Å². The van der Waals surface area contributed by atoms with E-state index >= 15 is 0 Å². The number of unbranched alkanes of at least 4 members (excludes halogenated alkanes) is 50. The molecule has 0 aliphatic heterocycles. The summed E-state index contributed by atoms with van der Waals surface area (Å²) in [6, 6.07) is -0.636. The maximum atomic E-state index is 12.5. The highest BCUT2D eigenvalue weighted by Crippen LogP contribution is 2.18. The van der Waals surface area contributed by atoms with E-state index in [-0.39, 0.29) is 18.5 Å². The third-order valence-electron chi connectivity index (χ3n) is 15.7. The Morgan fingerprint density at radius 2 is 0.635 bits per heavy atom. The third-order valence-corrected chi connectivity index (χ3v) is 15.7. The third kappa shape index (κ3) is 59.6. The normalized spacial score (nSPS) is 12.6. The van der Waals surface area contributed by atoms with E-state index in [2.05, 4.69) is 31.3 Å². The van der Waals surface area contributed by atoms with Gasteiger partial charge in [-0.25, -0.2) is 0 Å². The van der Waals surface area contributed by atoms with Crippen molar-refractivity contribution in [3.05, 3.63) is 24.3 Å². The van der Waals surface area contributed by atoms with Gasteiger partial charge < -0.3 is 20.3 Å². The highest BCUT2D eigenvalue weighted by molar-refractivity contribution is 5.76. The fourth-order valence-corrected chi connectivity index (χ4v) is 10.6. The van der Waals surface area contributed by atoms with Crippen molar-refractivity contribution in [3.63, 3.8) is 0 Å². The van der Waals surface area contributed by atoms with E-state index in [0.29, 0.717) is 19.4 Å². The summed E-state index contributed by atoms with van der Waals surface area (Å²) in [4.78, 5) is 24.6. The Hall–Kier alpha value is -1.66. The first kappa shape index (κ1) is 72.3. The van der Waals surface area contributed by atoms with E-state index in [1.807, 2.05) is 6.08 Å². The number of rotatable bonds is 63. The van der Waals surface area contributed by atoms with Gasteiger partial charge in [0.15, 0.2) is 0 Å². The number of hydrogen-bond donors (Lipinski definition) is 3. The van der Waals surface area contributed by atoms with Crippen molar-refractivity contribution in [1.29, 1.82) is 0 Å². The average molecular weight is 1040 g/mol. The predicted molar refractivity (Wildman–Crippen MR) is 324 cm³/mol. The van der Waals surface area contributed by atoms with Crippen LogP contribution in [-0.4, -0.2) is 47.4 Å². The second kappa shape index (κ2) is 63.9. The van der Waals surface area contributed by atoms with Crippen molar-refractivity contribution in [3.8, 4) is 0 Å². The molecule has 0 aromatic carbocycles. The second-order valence-electron chi connectivity index (χ2n) is 23.2. The van der Waals surface area contributed by atoms with Crippen molar-refractivity contribution < 1.29 is 24.5 Å². The first-order chi connectivity index (χ1) is 36.5. The Morgan fingerprint density at radius 1 is 0.365 bits per heavy atom. The van der Waals surface area contributed by atoms with E-state index in [0.717, 1.165) is 51.4 Å². The SMILES string of the molecule is CCCCCCCCC/C=C\CCCCCCCCCC(=O)OCCCCCCCCCCCCCCCCCC(=O)NC(CO)C(O)/C=C/CCCCCCCCCCCCCCCCCCCCCCCC. The fraction of sp³-hybridized carbons (Fsp3) is 0.912. The fourth-order valence-electron chi connectivity index (χ4n) is 10.6. The number of carbonyl (C=O) groups excluding carboxylic acids is 2. The molecular formula is C68H131NO5. The van der Waals surface area contributed by atoms with Gasteiger partial charge >= 0.3 is 5.97 Å². The van der Waals surface area contributed by atoms with Gasteiger partial charge in [-0.3, -0.25) is 9.59 Å². The number of amides is 1. The molecule has 6 heteroatoms. The van der Waals surface area contributed by atoms with Crippen LogP contribution in [-0.2, 0) is 14.3 Å². The lowest BCUT2D eigenvalue weighted by Gasteiger charge is -2.20. The minimum atomic E-state index is -0.852. The van der Waals surface area contributed by atoms with E-state index in [4.69, 9.17) is 4.74 Å². The molecule has 0 heterocycles. The molecule has 0 aromatic rings. The predicted octanol–water partition coefficient (Wildman–Crippen LogP) is 21.4. The standard InChI is InChI=1S/C68H131NO5/c1-3-5-7-9-11-13-15-17-19-21-23-24-25-26-27-28-29-32-36-40-44-48-52-56-60-66(71)65(64-70)69-67(72)61-57-53-49-45-41-37-33-31-35-39-43-47-51-55-59-63-74-68(73)62-58-54-50-46-42-38-34-30-22-20-18-16-14-12-10-8-6-4-2/h20,22,56,60,65-66,70-71H,3-19,21,23-55,57-59,61-64H2,1-2H3,(H,69,72)/b22-20-,60-56+. The molecule has 74 heavy (non-hydrogen) atoms. The zero-order valence-electron chi connectivity index (χ0n) is 50.1. The molecule has 0 rings (SSSR count). The molecule has 0 saturated carbocycles. The van der Waals surface area contributed by atoms with Crippen molar-refractivity contribution in [2.75, 3.05) is 13.2 Å². The summed E-state index contributed by atoms with van der Waals surface area (Å²) in [5.74, 6) is -0.0747. The molecule has 2 atom stereocenters. The van der Waals surface area contributed by atoms with Crippen LogP contribution in [0.25, 0.3) is 0 Å². The minimum Gasteiger partial charge on any atom is -0.466 e. The van der Waals surface area contributed by atoms with Crippen LogP contribution in [0.4, 0.5) is 0 Å². The molecule has 438 valence electrons. The first-order valence-corrected chi connectivity index (χ1v) is 33.6. The number of aliphatic hydroxyl groups is 2. The van der Waals surface area contributed by atoms with Crippen LogP contribution in [0.2, 0.25) is 0 Å². The number of aliphatic hydroxyl groups excluding tert-OH is 2. The van der Waals surface area contributed by atoms with Crippen LogP contribution in [0.3, 0.4) is 0 Å². The van der Waals surface area contributed by atoms with Gasteiger partial charge in [0.2, 0.25) is 5.91 Å². The number of hydrogen-bond acceptors (Lipinski definition) is 5. The topological polar surface area (TPSA) is 95.9 Å². The summed E-state index contributed by atoms with van der Waals surface area (Å²) in [6.45, 7) is 4.92. The number of allylic oxidation sites excluding steroid dienone is 3. The molecule has 0 fully saturated rings. The lowest BCUT2D eigenvalue weighted by atomic mass is 10.0. The van der Waals surface area contributed by atoms with Gasteiger partial charge in [-0.1, -0.05) is 327 Å². The molecule has 0 aliphatic carbocycles. The molecule has 1 amide bonds. The first-order valence-electron chi connectivity index (χ1n) is 33.6. The van der Waals surface area contributed by atoms with E-state index in [1.54, 1.807) is 6.08 Å². The number of carbonyl (C=O) groups is 2. The molecule has 0 aliphatic rings. The Kier molecular flexibility index (Phi) is 62.4. The minimum absolute atomic E-state index is 0.00227. The smallest absolute Gasteiger partial charge is 0.305 e. The summed E-state index contributed by atoms with van der Waals surface area (Å²) in [5, 5.41) is 23.2. The molecule has 0 spiro atoms. The van der Waals surface area contributed by atoms with E-state index in [9.17, 15) is 19.8 Å². The van der Waals surface area contributed by atoms with Crippen LogP contribution in [0, 0.1) is 0 Å². The monoisotopic (exact) mass is 1040 g/mol. The molecule has 0 bridgehead atoms. The summed E-state index contributed by atoms with van der Waals surface area (Å²) in [6.07, 6.45) is 79.4. The van der Waals surface area contributed by atoms with Crippen LogP contribution < -0.4 is 5.32 Å². The number of ether oxygens (including phenoxy) is 1. The molecule has 0 radical (unpaired) electrons. The van der Waals surface area contributed by atoms with Gasteiger partial charge in [0.1, 0.15) is 0 Å². The van der Waals surface area contributed by atoms with Gasteiger partial charge in [0, 0.05) is 12.8 Å². The molecule has 3 N–H and O–H groups in total. The molecule has 0 aromatic heterocycles. The zero-order valence-corrected chi connectivity index (χ0v) is 50.1. The number of esters is 1. The average Bonchev–Trinajstić information content (AvgIpc) is 3.40. The van der Waals surface area contributed by atoms with Crippen LogP contribution in [0.1, 0.15) is 373 Å². The van der Waals surface area contributed by atoms with Crippen molar-refractivity contribution >= 4 is 11.9 Å². The van der Waals surface area contributed by atoms with Crippen molar-refractivity contribution in [2.45, 2.75) is 386 Å². The highest BCUT2D eigenvalue weighted by Gasteiger charge is 2.18. The Balaban J connectivity index is 3.44. The Morgan fingerprint density at radius 3 is 0.959 bits per heavy atom. The van der Waals surface area contributed by atoms with Crippen LogP contribution in [0.15, 0.2) is 24.3 Å². The van der Waals surface area contributed by atoms with E-state index in [1.165, 1.54) is 295 Å². The Bertz CT molecular complexity index is 1150. The highest BCUT2D eigenvalue weighted by atomic mass is 16.5. The van der Waals surface area contributed by atoms with Crippen molar-refractivity contribution in [1.82, 2.24) is 5.32 Å². The second-order valence-corrected chi connectivity index (χ2v) is 23.2. The maximum absolute atomic E-state index is 12.5. The molecule has 6 nitrogen and oxygen atoms in total. The van der Waals surface area contributed by atoms with Crippen LogP contribution >= 0.6 is 0 Å². The van der Waals surface area contributed by atoms with Crippen molar-refractivity contribution in [2.24, 2.45) is 0 Å². The maximum Gasteiger partial charge on any atom is 0.305 e.